The molecule has 0 aliphatic carbocycles. The average Bonchev–Trinajstić information content (AvgIpc) is 3.13. The van der Waals surface area contributed by atoms with E-state index in [1.54, 1.807) is 23.1 Å². The van der Waals surface area contributed by atoms with Crippen molar-refractivity contribution < 1.29 is 9.53 Å². The molecule has 0 bridgehead atoms. The van der Waals surface area contributed by atoms with Crippen molar-refractivity contribution in [1.82, 2.24) is 19.9 Å². The number of hydrogen-bond donors (Lipinski definition) is 1. The number of fused-ring (bicyclic) bond motifs is 1. The fourth-order valence-electron chi connectivity index (χ4n) is 1.73. The number of ether oxygens (including phenoxy) is 1. The highest BCUT2D eigenvalue weighted by Crippen LogP contribution is 2.31. The molecule has 0 amide bonds. The molecular weight excluding hydrogens is 354 g/mol. The van der Waals surface area contributed by atoms with Gasteiger partial charge in [0, 0.05) is 0 Å². The summed E-state index contributed by atoms with van der Waals surface area (Å²) in [5, 5.41) is 8.53. The molecule has 0 aliphatic heterocycles. The minimum Gasteiger partial charge on any atom is -0.468 e. The van der Waals surface area contributed by atoms with Crippen LogP contribution < -0.4 is 5.84 Å². The van der Waals surface area contributed by atoms with Crippen LogP contribution in [0.25, 0.3) is 10.2 Å². The maximum atomic E-state index is 11.1. The Hall–Kier alpha value is -1.78. The smallest absolute Gasteiger partial charge is 0.316 e. The van der Waals surface area contributed by atoms with Crippen molar-refractivity contribution in [2.24, 2.45) is 0 Å². The second-order valence-electron chi connectivity index (χ2n) is 4.37. The van der Waals surface area contributed by atoms with Crippen molar-refractivity contribution in [3.8, 4) is 0 Å². The first kappa shape index (κ1) is 16.1. The molecule has 0 radical (unpaired) electrons. The fourth-order valence-corrected chi connectivity index (χ4v) is 4.42. The molecule has 0 atom stereocenters. The van der Waals surface area contributed by atoms with E-state index in [9.17, 15) is 4.79 Å². The van der Waals surface area contributed by atoms with E-state index in [1.807, 2.05) is 24.3 Å². The quantitative estimate of drug-likeness (QED) is 0.402. The number of nitrogen functional groups attached to an aromatic ring is 1. The number of esters is 1. The van der Waals surface area contributed by atoms with E-state index in [-0.39, 0.29) is 11.7 Å². The molecule has 3 aromatic rings. The van der Waals surface area contributed by atoms with Crippen LogP contribution in [-0.4, -0.2) is 38.7 Å². The van der Waals surface area contributed by atoms with Crippen molar-refractivity contribution in [3.05, 3.63) is 30.1 Å². The van der Waals surface area contributed by atoms with Crippen molar-refractivity contribution in [1.29, 1.82) is 0 Å². The predicted octanol–water partition coefficient (Wildman–Crippen LogP) is 2.16. The van der Waals surface area contributed by atoms with Crippen LogP contribution in [-0.2, 0) is 15.3 Å². The summed E-state index contributed by atoms with van der Waals surface area (Å²) in [5.41, 5.74) is 0.989. The van der Waals surface area contributed by atoms with E-state index >= 15 is 0 Å². The predicted molar refractivity (Wildman–Crippen MR) is 92.1 cm³/mol. The van der Waals surface area contributed by atoms with Gasteiger partial charge in [-0.1, -0.05) is 35.7 Å². The van der Waals surface area contributed by atoms with E-state index < -0.39 is 0 Å². The highest BCUT2D eigenvalue weighted by Gasteiger charge is 2.13. The summed E-state index contributed by atoms with van der Waals surface area (Å²) in [7, 11) is 1.34. The summed E-state index contributed by atoms with van der Waals surface area (Å²) in [5.74, 6) is 6.96. The number of nitrogens with zero attached hydrogens (tertiary/aromatic N) is 4. The lowest BCUT2D eigenvalue weighted by Crippen LogP contribution is -2.14. The number of hydrogen-bond acceptors (Lipinski definition) is 9. The molecule has 0 fully saturated rings. The lowest BCUT2D eigenvalue weighted by Gasteiger charge is -2.02. The topological polar surface area (TPSA) is 95.9 Å². The molecule has 0 unspecified atom stereocenters. The molecule has 120 valence electrons. The third-order valence-corrected chi connectivity index (χ3v) is 5.97. The number of benzene rings is 1. The number of carbonyl (C=O) groups excluding carboxylic acids is 1. The number of rotatable bonds is 6. The zero-order valence-electron chi connectivity index (χ0n) is 12.1. The van der Waals surface area contributed by atoms with Crippen molar-refractivity contribution in [3.63, 3.8) is 0 Å². The molecule has 2 aromatic heterocycles. The van der Waals surface area contributed by atoms with Gasteiger partial charge in [-0.15, -0.1) is 21.5 Å². The summed E-state index contributed by atoms with van der Waals surface area (Å²) in [6.07, 6.45) is 0. The average molecular weight is 367 g/mol. The van der Waals surface area contributed by atoms with Crippen LogP contribution >= 0.6 is 34.9 Å². The second kappa shape index (κ2) is 7.20. The summed E-state index contributed by atoms with van der Waals surface area (Å²) >= 11 is 4.39. The van der Waals surface area contributed by atoms with Gasteiger partial charge in [-0.3, -0.25) is 4.79 Å². The highest BCUT2D eigenvalue weighted by molar-refractivity contribution is 8.00. The van der Waals surface area contributed by atoms with Gasteiger partial charge in [0.2, 0.25) is 5.16 Å². The minimum absolute atomic E-state index is 0.150. The number of methoxy groups -OCH3 is 1. The van der Waals surface area contributed by atoms with Gasteiger partial charge >= 0.3 is 5.97 Å². The SMILES string of the molecule is COC(=O)CSc1nnc(CSc2nc3ccccc3s2)n1N. The zero-order chi connectivity index (χ0) is 16.2. The molecule has 0 spiro atoms. The van der Waals surface area contributed by atoms with Gasteiger partial charge in [-0.25, -0.2) is 9.66 Å². The molecule has 0 saturated heterocycles. The fraction of sp³-hybridized carbons (Fsp3) is 0.231. The van der Waals surface area contributed by atoms with E-state index in [1.165, 1.54) is 23.5 Å². The summed E-state index contributed by atoms with van der Waals surface area (Å²) in [6.45, 7) is 0. The second-order valence-corrected chi connectivity index (χ2v) is 7.57. The Morgan fingerprint density at radius 2 is 2.17 bits per heavy atom. The van der Waals surface area contributed by atoms with Gasteiger partial charge in [0.05, 0.1) is 28.8 Å². The molecule has 7 nitrogen and oxygen atoms in total. The van der Waals surface area contributed by atoms with E-state index in [4.69, 9.17) is 5.84 Å². The van der Waals surface area contributed by atoms with Crippen LogP contribution in [0.2, 0.25) is 0 Å². The van der Waals surface area contributed by atoms with Crippen LogP contribution in [0.1, 0.15) is 5.82 Å². The largest absolute Gasteiger partial charge is 0.468 e. The number of thiazole rings is 1. The van der Waals surface area contributed by atoms with Crippen LogP contribution in [0.4, 0.5) is 0 Å². The molecular formula is C13H13N5O2S3. The summed E-state index contributed by atoms with van der Waals surface area (Å²) in [4.78, 5) is 15.7. The first-order chi connectivity index (χ1) is 11.2. The van der Waals surface area contributed by atoms with Crippen LogP contribution in [0, 0.1) is 0 Å². The van der Waals surface area contributed by atoms with Gasteiger partial charge in [0.25, 0.3) is 0 Å². The molecule has 10 heteroatoms. The number of para-hydroxylation sites is 1. The normalized spacial score (nSPS) is 11.0. The van der Waals surface area contributed by atoms with Crippen molar-refractivity contribution in [2.45, 2.75) is 15.2 Å². The van der Waals surface area contributed by atoms with E-state index in [0.29, 0.717) is 16.7 Å². The first-order valence-electron chi connectivity index (χ1n) is 6.54. The lowest BCUT2D eigenvalue weighted by molar-refractivity contribution is -0.137. The number of nitrogens with two attached hydrogens (primary N) is 1. The Morgan fingerprint density at radius 1 is 1.35 bits per heavy atom. The summed E-state index contributed by atoms with van der Waals surface area (Å²) in [6, 6.07) is 8.00. The summed E-state index contributed by atoms with van der Waals surface area (Å²) < 4.78 is 8.09. The number of aromatic nitrogens is 4. The third kappa shape index (κ3) is 3.77. The van der Waals surface area contributed by atoms with Crippen molar-refractivity contribution >= 4 is 51.0 Å². The first-order valence-corrected chi connectivity index (χ1v) is 9.33. The van der Waals surface area contributed by atoms with Gasteiger partial charge in [0.1, 0.15) is 0 Å². The van der Waals surface area contributed by atoms with Crippen LogP contribution in [0.5, 0.6) is 0 Å². The Kier molecular flexibility index (Phi) is 5.03. The Balaban J connectivity index is 1.64. The maximum Gasteiger partial charge on any atom is 0.316 e. The Morgan fingerprint density at radius 3 is 2.96 bits per heavy atom. The van der Waals surface area contributed by atoms with Crippen LogP contribution in [0.15, 0.2) is 33.8 Å². The molecule has 0 aliphatic rings. The number of thioether (sulfide) groups is 2. The standard InChI is InChI=1S/C13H13N5O2S3/c1-20-11(19)7-21-12-17-16-10(18(12)14)6-22-13-15-8-4-2-3-5-9(8)23-13/h2-5H,6-7,14H2,1H3. The number of carbonyl (C=O) groups is 1. The van der Waals surface area contributed by atoms with Crippen molar-refractivity contribution in [2.75, 3.05) is 18.7 Å². The van der Waals surface area contributed by atoms with Gasteiger partial charge in [0.15, 0.2) is 10.2 Å². The highest BCUT2D eigenvalue weighted by atomic mass is 32.2. The molecule has 3 rings (SSSR count). The van der Waals surface area contributed by atoms with Gasteiger partial charge in [-0.05, 0) is 12.1 Å². The van der Waals surface area contributed by atoms with Gasteiger partial charge in [-0.2, -0.15) is 0 Å². The Bertz CT molecular complexity index is 799. The molecule has 2 heterocycles. The molecule has 0 saturated carbocycles. The third-order valence-electron chi connectivity index (χ3n) is 2.88. The molecule has 1 aromatic carbocycles. The molecule has 23 heavy (non-hydrogen) atoms. The monoisotopic (exact) mass is 367 g/mol. The Labute approximate surface area is 144 Å². The van der Waals surface area contributed by atoms with Crippen LogP contribution in [0.3, 0.4) is 0 Å². The molecule has 2 N–H and O–H groups in total. The maximum absolute atomic E-state index is 11.1. The zero-order valence-corrected chi connectivity index (χ0v) is 14.6. The lowest BCUT2D eigenvalue weighted by atomic mass is 10.3. The van der Waals surface area contributed by atoms with Gasteiger partial charge < -0.3 is 10.6 Å². The minimum atomic E-state index is -0.330. The van der Waals surface area contributed by atoms with E-state index in [0.717, 1.165) is 14.6 Å². The van der Waals surface area contributed by atoms with E-state index in [2.05, 4.69) is 19.9 Å².